The summed E-state index contributed by atoms with van der Waals surface area (Å²) in [5.41, 5.74) is 2.64. The number of sulfonamides is 1. The van der Waals surface area contributed by atoms with Crippen LogP contribution in [0.2, 0.25) is 0 Å². The summed E-state index contributed by atoms with van der Waals surface area (Å²) in [6.07, 6.45) is 1.54. The van der Waals surface area contributed by atoms with Crippen molar-refractivity contribution in [3.05, 3.63) is 59.7 Å². The van der Waals surface area contributed by atoms with Crippen molar-refractivity contribution >= 4 is 27.3 Å². The van der Waals surface area contributed by atoms with Crippen LogP contribution in [0.25, 0.3) is 0 Å². The van der Waals surface area contributed by atoms with Gasteiger partial charge in [0.05, 0.1) is 30.8 Å². The molecule has 0 spiro atoms. The average molecular weight is 387 g/mol. The molecule has 0 saturated heterocycles. The van der Waals surface area contributed by atoms with Gasteiger partial charge in [-0.05, 0) is 18.2 Å². The smallest absolute Gasteiger partial charge is 0.240 e. The van der Waals surface area contributed by atoms with Crippen molar-refractivity contribution in [1.29, 1.82) is 0 Å². The van der Waals surface area contributed by atoms with E-state index in [9.17, 15) is 13.2 Å². The lowest BCUT2D eigenvalue weighted by molar-refractivity contribution is -0.130. The summed E-state index contributed by atoms with van der Waals surface area (Å²) in [4.78, 5) is 12.2. The lowest BCUT2D eigenvalue weighted by Gasteiger charge is -2.23. The molecule has 1 aliphatic rings. The number of benzene rings is 2. The fraction of sp³-hybridized carbons (Fsp3) is 0.263. The van der Waals surface area contributed by atoms with E-state index >= 15 is 0 Å². The van der Waals surface area contributed by atoms with Gasteiger partial charge in [0.1, 0.15) is 5.75 Å². The zero-order valence-electron chi connectivity index (χ0n) is 15.3. The van der Waals surface area contributed by atoms with E-state index in [2.05, 4.69) is 9.82 Å². The molecule has 1 unspecified atom stereocenters. The number of carbonyl (C=O) groups excluding carboxylic acids is 1. The van der Waals surface area contributed by atoms with E-state index in [1.165, 1.54) is 11.9 Å². The highest BCUT2D eigenvalue weighted by atomic mass is 32.2. The van der Waals surface area contributed by atoms with Gasteiger partial charge < -0.3 is 4.74 Å². The van der Waals surface area contributed by atoms with Gasteiger partial charge in [0, 0.05) is 24.5 Å². The molecule has 0 radical (unpaired) electrons. The van der Waals surface area contributed by atoms with Gasteiger partial charge in [-0.25, -0.2) is 13.4 Å². The molecule has 1 atom stereocenters. The van der Waals surface area contributed by atoms with Gasteiger partial charge in [-0.1, -0.05) is 30.3 Å². The Labute approximate surface area is 158 Å². The molecule has 7 nitrogen and oxygen atoms in total. The van der Waals surface area contributed by atoms with Crippen molar-refractivity contribution in [2.45, 2.75) is 19.4 Å². The Hall–Kier alpha value is -2.87. The summed E-state index contributed by atoms with van der Waals surface area (Å²) in [6, 6.07) is 14.1. The van der Waals surface area contributed by atoms with Crippen LogP contribution in [0.3, 0.4) is 0 Å². The first-order valence-electron chi connectivity index (χ1n) is 8.37. The molecule has 3 rings (SSSR count). The molecule has 27 heavy (non-hydrogen) atoms. The SMILES string of the molecule is COc1ccccc1C1=NN(C(C)=O)C(c2ccccc2NS(C)(=O)=O)C1. The zero-order chi connectivity index (χ0) is 19.6. The van der Waals surface area contributed by atoms with E-state index in [4.69, 9.17) is 4.74 Å². The molecule has 0 aliphatic carbocycles. The van der Waals surface area contributed by atoms with Gasteiger partial charge in [0.25, 0.3) is 0 Å². The largest absolute Gasteiger partial charge is 0.496 e. The van der Waals surface area contributed by atoms with Crippen molar-refractivity contribution in [2.24, 2.45) is 5.10 Å². The molecule has 8 heteroatoms. The Morgan fingerprint density at radius 2 is 1.85 bits per heavy atom. The van der Waals surface area contributed by atoms with Gasteiger partial charge in [-0.3, -0.25) is 9.52 Å². The number of rotatable bonds is 5. The minimum absolute atomic E-state index is 0.223. The molecular weight excluding hydrogens is 366 g/mol. The topological polar surface area (TPSA) is 88.1 Å². The Morgan fingerprint density at radius 1 is 1.19 bits per heavy atom. The van der Waals surface area contributed by atoms with E-state index in [0.29, 0.717) is 29.1 Å². The van der Waals surface area contributed by atoms with Gasteiger partial charge in [-0.15, -0.1) is 0 Å². The molecule has 142 valence electrons. The third-order valence-electron chi connectivity index (χ3n) is 4.27. The third-order valence-corrected chi connectivity index (χ3v) is 4.86. The van der Waals surface area contributed by atoms with Crippen LogP contribution >= 0.6 is 0 Å². The monoisotopic (exact) mass is 387 g/mol. The second kappa shape index (κ2) is 7.40. The van der Waals surface area contributed by atoms with E-state index in [1.807, 2.05) is 30.3 Å². The van der Waals surface area contributed by atoms with Crippen LogP contribution in [0.4, 0.5) is 5.69 Å². The Bertz CT molecular complexity index is 1000. The van der Waals surface area contributed by atoms with Gasteiger partial charge in [-0.2, -0.15) is 5.10 Å². The molecule has 1 heterocycles. The van der Waals surface area contributed by atoms with E-state index in [0.717, 1.165) is 11.8 Å². The summed E-state index contributed by atoms with van der Waals surface area (Å²) in [5.74, 6) is 0.446. The first kappa shape index (κ1) is 18.9. The van der Waals surface area contributed by atoms with Crippen LogP contribution in [0.5, 0.6) is 5.75 Å². The minimum Gasteiger partial charge on any atom is -0.496 e. The molecular formula is C19H21N3O4S. The number of methoxy groups -OCH3 is 1. The van der Waals surface area contributed by atoms with Crippen molar-refractivity contribution in [3.63, 3.8) is 0 Å². The first-order valence-corrected chi connectivity index (χ1v) is 10.3. The van der Waals surface area contributed by atoms with Crippen LogP contribution in [-0.4, -0.2) is 38.4 Å². The van der Waals surface area contributed by atoms with E-state index in [1.54, 1.807) is 25.3 Å². The van der Waals surface area contributed by atoms with Gasteiger partial charge in [0.2, 0.25) is 15.9 Å². The number of hydrogen-bond donors (Lipinski definition) is 1. The molecule has 0 saturated carbocycles. The molecule has 1 aliphatic heterocycles. The molecule has 2 aromatic rings. The molecule has 2 aromatic carbocycles. The molecule has 0 aromatic heterocycles. The van der Waals surface area contributed by atoms with Crippen LogP contribution in [0.1, 0.15) is 30.5 Å². The number of anilines is 1. The lowest BCUT2D eigenvalue weighted by Crippen LogP contribution is -2.25. The molecule has 0 fully saturated rings. The van der Waals surface area contributed by atoms with Crippen molar-refractivity contribution in [2.75, 3.05) is 18.1 Å². The highest BCUT2D eigenvalue weighted by Gasteiger charge is 2.34. The molecule has 0 bridgehead atoms. The fourth-order valence-electron chi connectivity index (χ4n) is 3.17. The second-order valence-electron chi connectivity index (χ2n) is 6.29. The first-order chi connectivity index (χ1) is 12.8. The summed E-state index contributed by atoms with van der Waals surface area (Å²) in [6.45, 7) is 1.44. The predicted molar refractivity (Wildman–Crippen MR) is 104 cm³/mol. The number of hydrazone groups is 1. The quantitative estimate of drug-likeness (QED) is 0.854. The number of carbonyl (C=O) groups is 1. The predicted octanol–water partition coefficient (Wildman–Crippen LogP) is 2.76. The maximum absolute atomic E-state index is 12.2. The minimum atomic E-state index is -3.45. The van der Waals surface area contributed by atoms with Crippen molar-refractivity contribution in [1.82, 2.24) is 5.01 Å². The summed E-state index contributed by atoms with van der Waals surface area (Å²) in [5, 5.41) is 5.90. The summed E-state index contributed by atoms with van der Waals surface area (Å²) in [7, 11) is -1.87. The second-order valence-corrected chi connectivity index (χ2v) is 8.04. The Kier molecular flexibility index (Phi) is 5.18. The maximum Gasteiger partial charge on any atom is 0.240 e. The number of ether oxygens (including phenoxy) is 1. The van der Waals surface area contributed by atoms with Crippen LogP contribution in [0, 0.1) is 0 Å². The van der Waals surface area contributed by atoms with Gasteiger partial charge >= 0.3 is 0 Å². The molecule has 1 N–H and O–H groups in total. The van der Waals surface area contributed by atoms with Gasteiger partial charge in [0.15, 0.2) is 0 Å². The number of amides is 1. The number of nitrogens with one attached hydrogen (secondary N) is 1. The number of para-hydroxylation sites is 2. The maximum atomic E-state index is 12.2. The average Bonchev–Trinajstić information content (AvgIpc) is 3.06. The molecule has 1 amide bonds. The van der Waals surface area contributed by atoms with E-state index < -0.39 is 16.1 Å². The Balaban J connectivity index is 2.02. The highest BCUT2D eigenvalue weighted by molar-refractivity contribution is 7.92. The summed E-state index contributed by atoms with van der Waals surface area (Å²) >= 11 is 0. The van der Waals surface area contributed by atoms with Crippen LogP contribution < -0.4 is 9.46 Å². The standard InChI is InChI=1S/C19H21N3O4S/c1-13(23)22-18(14-8-4-6-10-16(14)21-27(3,24)25)12-17(20-22)15-9-5-7-11-19(15)26-2/h4-11,18,21H,12H2,1-3H3. The highest BCUT2D eigenvalue weighted by Crippen LogP contribution is 2.38. The van der Waals surface area contributed by atoms with E-state index in [-0.39, 0.29) is 5.91 Å². The zero-order valence-corrected chi connectivity index (χ0v) is 16.2. The third kappa shape index (κ3) is 4.11. The van der Waals surface area contributed by atoms with Crippen LogP contribution in [0.15, 0.2) is 53.6 Å². The Morgan fingerprint density at radius 3 is 2.52 bits per heavy atom. The van der Waals surface area contributed by atoms with Crippen molar-refractivity contribution in [3.8, 4) is 5.75 Å². The van der Waals surface area contributed by atoms with Crippen molar-refractivity contribution < 1.29 is 17.9 Å². The number of nitrogens with zero attached hydrogens (tertiary/aromatic N) is 2. The summed E-state index contributed by atoms with van der Waals surface area (Å²) < 4.78 is 31.4. The normalized spacial score (nSPS) is 16.8. The van der Waals surface area contributed by atoms with Crippen LogP contribution in [-0.2, 0) is 14.8 Å². The lowest BCUT2D eigenvalue weighted by atomic mass is 9.97. The number of hydrogen-bond acceptors (Lipinski definition) is 5. The fourth-order valence-corrected chi connectivity index (χ4v) is 3.75.